The number of nitrogens with zero attached hydrogens (tertiary/aromatic N) is 2. The summed E-state index contributed by atoms with van der Waals surface area (Å²) in [5, 5.41) is 0. The van der Waals surface area contributed by atoms with E-state index in [0.29, 0.717) is 15.6 Å². The Kier molecular flexibility index (Phi) is 3.11. The van der Waals surface area contributed by atoms with Crippen LogP contribution in [0.5, 0.6) is 0 Å². The van der Waals surface area contributed by atoms with Gasteiger partial charge in [0, 0.05) is 0 Å². The van der Waals surface area contributed by atoms with Gasteiger partial charge in [-0.15, -0.1) is 0 Å². The van der Waals surface area contributed by atoms with Crippen molar-refractivity contribution in [3.8, 4) is 0 Å². The van der Waals surface area contributed by atoms with Gasteiger partial charge in [0.05, 0.1) is 34.1 Å². The minimum absolute atomic E-state index is 0.390. The quantitative estimate of drug-likeness (QED) is 0.759. The van der Waals surface area contributed by atoms with Gasteiger partial charge in [0.2, 0.25) is 0 Å². The SMILES string of the molecule is COC(=O)c1ccc2nc(C)c(C)nc2c1Br. The maximum Gasteiger partial charge on any atom is 0.339 e. The number of fused-ring (bicyclic) bond motifs is 1. The van der Waals surface area contributed by atoms with E-state index in [1.54, 1.807) is 12.1 Å². The maximum atomic E-state index is 11.5. The van der Waals surface area contributed by atoms with E-state index >= 15 is 0 Å². The number of carbonyl (C=O) groups excluding carboxylic acids is 1. The summed E-state index contributed by atoms with van der Waals surface area (Å²) in [5.74, 6) is -0.390. The molecule has 0 fully saturated rings. The average molecular weight is 295 g/mol. The molecular formula is C12H11BrN2O2. The molecule has 5 heteroatoms. The van der Waals surface area contributed by atoms with Crippen molar-refractivity contribution in [2.24, 2.45) is 0 Å². The number of hydrogen-bond donors (Lipinski definition) is 0. The number of aromatic nitrogens is 2. The molecular weight excluding hydrogens is 284 g/mol. The predicted molar refractivity (Wildman–Crippen MR) is 68.1 cm³/mol. The summed E-state index contributed by atoms with van der Waals surface area (Å²) in [7, 11) is 1.35. The molecule has 1 aromatic carbocycles. The highest BCUT2D eigenvalue weighted by molar-refractivity contribution is 9.10. The van der Waals surface area contributed by atoms with Crippen LogP contribution in [-0.2, 0) is 4.74 Å². The Labute approximate surface area is 107 Å². The lowest BCUT2D eigenvalue weighted by Gasteiger charge is -2.07. The van der Waals surface area contributed by atoms with Gasteiger partial charge >= 0.3 is 5.97 Å². The molecule has 0 amide bonds. The van der Waals surface area contributed by atoms with Crippen molar-refractivity contribution in [3.05, 3.63) is 33.6 Å². The van der Waals surface area contributed by atoms with Gasteiger partial charge < -0.3 is 4.74 Å². The highest BCUT2D eigenvalue weighted by Gasteiger charge is 2.15. The Morgan fingerprint density at radius 3 is 2.53 bits per heavy atom. The monoisotopic (exact) mass is 294 g/mol. The third-order valence-corrected chi connectivity index (χ3v) is 3.39. The van der Waals surface area contributed by atoms with Crippen molar-refractivity contribution < 1.29 is 9.53 Å². The summed E-state index contributed by atoms with van der Waals surface area (Å²) in [4.78, 5) is 20.4. The van der Waals surface area contributed by atoms with Crippen LogP contribution >= 0.6 is 15.9 Å². The predicted octanol–water partition coefficient (Wildman–Crippen LogP) is 2.80. The van der Waals surface area contributed by atoms with Crippen LogP contribution in [0, 0.1) is 13.8 Å². The van der Waals surface area contributed by atoms with Crippen LogP contribution < -0.4 is 0 Å². The third kappa shape index (κ3) is 2.02. The third-order valence-electron chi connectivity index (χ3n) is 2.59. The van der Waals surface area contributed by atoms with Gasteiger partial charge in [0.25, 0.3) is 0 Å². The van der Waals surface area contributed by atoms with Crippen LogP contribution in [0.2, 0.25) is 0 Å². The molecule has 0 saturated heterocycles. The Morgan fingerprint density at radius 1 is 1.24 bits per heavy atom. The van der Waals surface area contributed by atoms with Crippen molar-refractivity contribution in [1.29, 1.82) is 0 Å². The van der Waals surface area contributed by atoms with Gasteiger partial charge in [0.1, 0.15) is 5.52 Å². The summed E-state index contributed by atoms with van der Waals surface area (Å²) in [6.45, 7) is 3.79. The lowest BCUT2D eigenvalue weighted by molar-refractivity contribution is 0.0600. The lowest BCUT2D eigenvalue weighted by Crippen LogP contribution is -2.04. The zero-order valence-electron chi connectivity index (χ0n) is 9.74. The smallest absolute Gasteiger partial charge is 0.339 e. The molecule has 0 atom stereocenters. The highest BCUT2D eigenvalue weighted by atomic mass is 79.9. The number of hydrogen-bond acceptors (Lipinski definition) is 4. The molecule has 0 spiro atoms. The van der Waals surface area contributed by atoms with Crippen molar-refractivity contribution >= 4 is 32.9 Å². The molecule has 0 aliphatic heterocycles. The van der Waals surface area contributed by atoms with Crippen molar-refractivity contribution in [3.63, 3.8) is 0 Å². The zero-order chi connectivity index (χ0) is 12.6. The van der Waals surface area contributed by atoms with Crippen molar-refractivity contribution in [2.75, 3.05) is 7.11 Å². The lowest BCUT2D eigenvalue weighted by atomic mass is 10.2. The zero-order valence-corrected chi connectivity index (χ0v) is 11.3. The van der Waals surface area contributed by atoms with Gasteiger partial charge in [-0.1, -0.05) is 0 Å². The first-order chi connectivity index (χ1) is 8.04. The van der Waals surface area contributed by atoms with E-state index in [1.807, 2.05) is 13.8 Å². The van der Waals surface area contributed by atoms with Gasteiger partial charge in [-0.3, -0.25) is 0 Å². The standard InChI is InChI=1S/C12H11BrN2O2/c1-6-7(2)15-11-9(14-6)5-4-8(10(11)13)12(16)17-3/h4-5H,1-3H3. The van der Waals surface area contributed by atoms with Crippen molar-refractivity contribution in [2.45, 2.75) is 13.8 Å². The fourth-order valence-corrected chi connectivity index (χ4v) is 2.11. The van der Waals surface area contributed by atoms with E-state index in [-0.39, 0.29) is 5.97 Å². The van der Waals surface area contributed by atoms with E-state index in [2.05, 4.69) is 25.9 Å². The number of halogens is 1. The maximum absolute atomic E-state index is 11.5. The average Bonchev–Trinajstić information content (AvgIpc) is 2.31. The first kappa shape index (κ1) is 12.0. The van der Waals surface area contributed by atoms with Crippen molar-refractivity contribution in [1.82, 2.24) is 9.97 Å². The van der Waals surface area contributed by atoms with E-state index in [9.17, 15) is 4.79 Å². The molecule has 4 nitrogen and oxygen atoms in total. The highest BCUT2D eigenvalue weighted by Crippen LogP contribution is 2.26. The summed E-state index contributed by atoms with van der Waals surface area (Å²) >= 11 is 3.38. The first-order valence-corrected chi connectivity index (χ1v) is 5.85. The summed E-state index contributed by atoms with van der Waals surface area (Å²) in [5.41, 5.74) is 3.62. The molecule has 1 aromatic heterocycles. The molecule has 1 heterocycles. The van der Waals surface area contributed by atoms with Crippen LogP contribution in [0.15, 0.2) is 16.6 Å². The first-order valence-electron chi connectivity index (χ1n) is 5.06. The van der Waals surface area contributed by atoms with Crippen LogP contribution in [0.1, 0.15) is 21.7 Å². The molecule has 2 aromatic rings. The molecule has 0 N–H and O–H groups in total. The minimum Gasteiger partial charge on any atom is -0.465 e. The number of rotatable bonds is 1. The minimum atomic E-state index is -0.390. The van der Waals surface area contributed by atoms with E-state index in [0.717, 1.165) is 16.9 Å². The summed E-state index contributed by atoms with van der Waals surface area (Å²) in [6.07, 6.45) is 0. The number of methoxy groups -OCH3 is 1. The Hall–Kier alpha value is -1.49. The number of benzene rings is 1. The Morgan fingerprint density at radius 2 is 1.88 bits per heavy atom. The molecule has 0 saturated carbocycles. The summed E-state index contributed by atoms with van der Waals surface area (Å²) < 4.78 is 5.33. The fourth-order valence-electron chi connectivity index (χ4n) is 1.53. The number of ether oxygens (including phenoxy) is 1. The second kappa shape index (κ2) is 4.41. The molecule has 2 rings (SSSR count). The van der Waals surface area contributed by atoms with Crippen LogP contribution in [0.3, 0.4) is 0 Å². The van der Waals surface area contributed by atoms with Gasteiger partial charge in [-0.25, -0.2) is 14.8 Å². The fraction of sp³-hybridized carbons (Fsp3) is 0.250. The summed E-state index contributed by atoms with van der Waals surface area (Å²) in [6, 6.07) is 3.45. The topological polar surface area (TPSA) is 52.1 Å². The second-order valence-corrected chi connectivity index (χ2v) is 4.47. The van der Waals surface area contributed by atoms with E-state index < -0.39 is 0 Å². The number of carbonyl (C=O) groups is 1. The van der Waals surface area contributed by atoms with E-state index in [1.165, 1.54) is 7.11 Å². The van der Waals surface area contributed by atoms with Gasteiger partial charge in [-0.05, 0) is 41.9 Å². The normalized spacial score (nSPS) is 10.6. The largest absolute Gasteiger partial charge is 0.465 e. The molecule has 0 radical (unpaired) electrons. The van der Waals surface area contributed by atoms with Crippen LogP contribution in [-0.4, -0.2) is 23.0 Å². The van der Waals surface area contributed by atoms with Gasteiger partial charge in [-0.2, -0.15) is 0 Å². The Balaban J connectivity index is 2.75. The van der Waals surface area contributed by atoms with Crippen LogP contribution in [0.25, 0.3) is 11.0 Å². The molecule has 17 heavy (non-hydrogen) atoms. The molecule has 0 bridgehead atoms. The second-order valence-electron chi connectivity index (χ2n) is 3.68. The molecule has 0 aliphatic rings. The number of esters is 1. The Bertz CT molecular complexity index is 611. The van der Waals surface area contributed by atoms with Gasteiger partial charge in [0.15, 0.2) is 0 Å². The van der Waals surface area contributed by atoms with E-state index in [4.69, 9.17) is 4.74 Å². The molecule has 88 valence electrons. The molecule has 0 unspecified atom stereocenters. The van der Waals surface area contributed by atoms with Crippen LogP contribution in [0.4, 0.5) is 0 Å². The molecule has 0 aliphatic carbocycles. The number of aryl methyl sites for hydroxylation is 2.